The van der Waals surface area contributed by atoms with Crippen molar-refractivity contribution in [1.29, 1.82) is 0 Å². The number of rotatable bonds is 5. The first-order valence-corrected chi connectivity index (χ1v) is 11.2. The second kappa shape index (κ2) is 10.3. The van der Waals surface area contributed by atoms with Crippen LogP contribution in [0.15, 0.2) is 4.99 Å². The topological polar surface area (TPSA) is 60.0 Å². The molecule has 0 aromatic heterocycles. The minimum atomic E-state index is 0.279. The zero-order valence-corrected chi connectivity index (χ0v) is 17.4. The molecule has 3 aliphatic rings. The van der Waals surface area contributed by atoms with E-state index in [1.165, 1.54) is 45.1 Å². The van der Waals surface area contributed by atoms with Crippen LogP contribution in [0.25, 0.3) is 0 Å². The van der Waals surface area contributed by atoms with E-state index in [0.29, 0.717) is 18.0 Å². The van der Waals surface area contributed by atoms with Gasteiger partial charge in [-0.25, -0.2) is 0 Å². The number of amides is 1. The molecule has 6 heteroatoms. The predicted molar refractivity (Wildman–Crippen MR) is 111 cm³/mol. The van der Waals surface area contributed by atoms with Crippen molar-refractivity contribution in [3.8, 4) is 0 Å². The fourth-order valence-corrected chi connectivity index (χ4v) is 5.00. The maximum absolute atomic E-state index is 12.7. The molecule has 3 rings (SSSR count). The molecule has 0 aromatic rings. The molecule has 2 aliphatic heterocycles. The van der Waals surface area contributed by atoms with E-state index in [1.54, 1.807) is 0 Å². The Morgan fingerprint density at radius 3 is 2.56 bits per heavy atom. The summed E-state index contributed by atoms with van der Waals surface area (Å²) in [6.45, 7) is 7.25. The molecule has 0 spiro atoms. The van der Waals surface area contributed by atoms with Gasteiger partial charge in [-0.15, -0.1) is 0 Å². The zero-order valence-electron chi connectivity index (χ0n) is 17.4. The van der Waals surface area contributed by atoms with Crippen molar-refractivity contribution < 1.29 is 4.79 Å². The molecule has 1 saturated carbocycles. The van der Waals surface area contributed by atoms with E-state index >= 15 is 0 Å². The molecule has 6 nitrogen and oxygen atoms in total. The van der Waals surface area contributed by atoms with Crippen LogP contribution in [0.5, 0.6) is 0 Å². The summed E-state index contributed by atoms with van der Waals surface area (Å²) in [5.41, 5.74) is 0. The normalized spacial score (nSPS) is 28.4. The Morgan fingerprint density at radius 1 is 1.04 bits per heavy atom. The smallest absolute Gasteiger partial charge is 0.225 e. The van der Waals surface area contributed by atoms with Gasteiger partial charge in [-0.2, -0.15) is 0 Å². The SMILES string of the molecule is CCN1CCCCC1CNC(=NC)NC1CCN(C(=O)C2CCCCC2)C1. The molecule has 2 unspecified atom stereocenters. The van der Waals surface area contributed by atoms with E-state index in [2.05, 4.69) is 32.3 Å². The minimum absolute atomic E-state index is 0.279. The van der Waals surface area contributed by atoms with Crippen molar-refractivity contribution in [3.63, 3.8) is 0 Å². The second-order valence-corrected chi connectivity index (χ2v) is 8.48. The quantitative estimate of drug-likeness (QED) is 0.570. The van der Waals surface area contributed by atoms with Crippen molar-refractivity contribution in [2.24, 2.45) is 10.9 Å². The molecule has 1 amide bonds. The summed E-state index contributed by atoms with van der Waals surface area (Å²) in [5.74, 6) is 1.55. The zero-order chi connectivity index (χ0) is 19.1. The Balaban J connectivity index is 1.43. The van der Waals surface area contributed by atoms with Gasteiger partial charge in [-0.05, 0) is 45.2 Å². The van der Waals surface area contributed by atoms with E-state index < -0.39 is 0 Å². The van der Waals surface area contributed by atoms with E-state index in [-0.39, 0.29) is 5.92 Å². The number of carbonyl (C=O) groups is 1. The van der Waals surface area contributed by atoms with Crippen molar-refractivity contribution in [2.45, 2.75) is 76.8 Å². The van der Waals surface area contributed by atoms with Gasteiger partial charge in [0.15, 0.2) is 5.96 Å². The molecule has 2 atom stereocenters. The van der Waals surface area contributed by atoms with Gasteiger partial charge in [0.05, 0.1) is 0 Å². The third-order valence-electron chi connectivity index (χ3n) is 6.68. The molecule has 154 valence electrons. The molecule has 2 saturated heterocycles. The Hall–Kier alpha value is -1.30. The van der Waals surface area contributed by atoms with Gasteiger partial charge in [0.25, 0.3) is 0 Å². The summed E-state index contributed by atoms with van der Waals surface area (Å²) in [5, 5.41) is 7.08. The maximum Gasteiger partial charge on any atom is 0.225 e. The summed E-state index contributed by atoms with van der Waals surface area (Å²) in [6, 6.07) is 0.924. The number of nitrogens with one attached hydrogen (secondary N) is 2. The van der Waals surface area contributed by atoms with Gasteiger partial charge in [-0.1, -0.05) is 32.6 Å². The summed E-state index contributed by atoms with van der Waals surface area (Å²) in [6.07, 6.45) is 10.9. The number of likely N-dealkylation sites (N-methyl/N-ethyl adjacent to an activating group) is 1. The highest BCUT2D eigenvalue weighted by molar-refractivity contribution is 5.81. The van der Waals surface area contributed by atoms with Gasteiger partial charge < -0.3 is 15.5 Å². The number of carbonyl (C=O) groups excluding carboxylic acids is 1. The van der Waals surface area contributed by atoms with Crippen LogP contribution >= 0.6 is 0 Å². The Kier molecular flexibility index (Phi) is 7.80. The van der Waals surface area contributed by atoms with E-state index in [4.69, 9.17) is 0 Å². The number of hydrogen-bond donors (Lipinski definition) is 2. The molecule has 3 fully saturated rings. The first-order chi connectivity index (χ1) is 13.2. The van der Waals surface area contributed by atoms with Crippen molar-refractivity contribution in [2.75, 3.05) is 39.8 Å². The molecular formula is C21H39N5O. The molecule has 0 radical (unpaired) electrons. The van der Waals surface area contributed by atoms with Crippen molar-refractivity contribution >= 4 is 11.9 Å². The Morgan fingerprint density at radius 2 is 1.81 bits per heavy atom. The molecule has 2 heterocycles. The van der Waals surface area contributed by atoms with Gasteiger partial charge in [0.1, 0.15) is 0 Å². The highest BCUT2D eigenvalue weighted by Crippen LogP contribution is 2.26. The standard InChI is InChI=1S/C21H39N5O/c1-3-25-13-8-7-11-19(25)15-23-21(22-2)24-18-12-14-26(16-18)20(27)17-9-5-4-6-10-17/h17-19H,3-16H2,1-2H3,(H2,22,23,24). The number of guanidine groups is 1. The molecule has 0 bridgehead atoms. The molecule has 1 aliphatic carbocycles. The van der Waals surface area contributed by atoms with Crippen LogP contribution in [-0.4, -0.2) is 73.5 Å². The van der Waals surface area contributed by atoms with Crippen LogP contribution in [0.3, 0.4) is 0 Å². The highest BCUT2D eigenvalue weighted by Gasteiger charge is 2.32. The third-order valence-corrected chi connectivity index (χ3v) is 6.68. The lowest BCUT2D eigenvalue weighted by Gasteiger charge is -2.35. The third kappa shape index (κ3) is 5.59. The van der Waals surface area contributed by atoms with E-state index in [0.717, 1.165) is 51.4 Å². The minimum Gasteiger partial charge on any atom is -0.355 e. The summed E-state index contributed by atoms with van der Waals surface area (Å²) >= 11 is 0. The van der Waals surface area contributed by atoms with Crippen molar-refractivity contribution in [3.05, 3.63) is 0 Å². The molecular weight excluding hydrogens is 338 g/mol. The lowest BCUT2D eigenvalue weighted by molar-refractivity contribution is -0.135. The Labute approximate surface area is 165 Å². The average molecular weight is 378 g/mol. The number of hydrogen-bond acceptors (Lipinski definition) is 3. The molecule has 0 aromatic carbocycles. The van der Waals surface area contributed by atoms with E-state index in [9.17, 15) is 4.79 Å². The van der Waals surface area contributed by atoms with Crippen LogP contribution in [-0.2, 0) is 4.79 Å². The monoisotopic (exact) mass is 377 g/mol. The average Bonchev–Trinajstić information content (AvgIpc) is 3.19. The molecule has 27 heavy (non-hydrogen) atoms. The fourth-order valence-electron chi connectivity index (χ4n) is 5.00. The fraction of sp³-hybridized carbons (Fsp3) is 0.905. The van der Waals surface area contributed by atoms with E-state index in [1.807, 2.05) is 7.05 Å². The van der Waals surface area contributed by atoms with Gasteiger partial charge >= 0.3 is 0 Å². The highest BCUT2D eigenvalue weighted by atomic mass is 16.2. The lowest BCUT2D eigenvalue weighted by atomic mass is 9.88. The maximum atomic E-state index is 12.7. The summed E-state index contributed by atoms with van der Waals surface area (Å²) in [4.78, 5) is 21.8. The first-order valence-electron chi connectivity index (χ1n) is 11.2. The van der Waals surface area contributed by atoms with Gasteiger partial charge in [0, 0.05) is 44.7 Å². The number of likely N-dealkylation sites (tertiary alicyclic amines) is 2. The predicted octanol–water partition coefficient (Wildman–Crippen LogP) is 2.21. The Bertz CT molecular complexity index is 503. The number of nitrogens with zero attached hydrogens (tertiary/aromatic N) is 3. The first kappa shape index (κ1) is 20.4. The molecule has 2 N–H and O–H groups in total. The van der Waals surface area contributed by atoms with Gasteiger partial charge in [-0.3, -0.25) is 14.7 Å². The van der Waals surface area contributed by atoms with Crippen molar-refractivity contribution in [1.82, 2.24) is 20.4 Å². The second-order valence-electron chi connectivity index (χ2n) is 8.48. The summed E-state index contributed by atoms with van der Waals surface area (Å²) < 4.78 is 0. The number of aliphatic imine (C=N–C) groups is 1. The lowest BCUT2D eigenvalue weighted by Crippen LogP contribution is -2.51. The summed E-state index contributed by atoms with van der Waals surface area (Å²) in [7, 11) is 1.84. The van der Waals surface area contributed by atoms with Crippen LogP contribution < -0.4 is 10.6 Å². The number of piperidine rings is 1. The van der Waals surface area contributed by atoms with Crippen LogP contribution in [0.4, 0.5) is 0 Å². The largest absolute Gasteiger partial charge is 0.355 e. The van der Waals surface area contributed by atoms with Gasteiger partial charge in [0.2, 0.25) is 5.91 Å². The van der Waals surface area contributed by atoms with Crippen LogP contribution in [0, 0.1) is 5.92 Å². The van der Waals surface area contributed by atoms with Crippen LogP contribution in [0.2, 0.25) is 0 Å². The van der Waals surface area contributed by atoms with Crippen LogP contribution in [0.1, 0.15) is 64.7 Å².